The largest absolute Gasteiger partial charge is 0.481 e. The molecule has 2 aromatic carbocycles. The number of nitrogens with zero attached hydrogens (tertiary/aromatic N) is 5. The Hall–Kier alpha value is -5.26. The van der Waals surface area contributed by atoms with E-state index in [1.807, 2.05) is 18.2 Å². The summed E-state index contributed by atoms with van der Waals surface area (Å²) in [7, 11) is 4.34. The summed E-state index contributed by atoms with van der Waals surface area (Å²) in [6, 6.07) is 16.7. The molecule has 0 aliphatic rings. The molecular weight excluding hydrogens is 494 g/mol. The average molecular weight is 517 g/mol. The number of hydrogen-bond donors (Lipinski definition) is 0. The van der Waals surface area contributed by atoms with Gasteiger partial charge in [-0.25, -0.2) is 4.79 Å². The molecule has 2 aromatic heterocycles. The number of oxime groups is 1. The molecule has 0 fully saturated rings. The number of carbonyl (C=O) groups excluding carboxylic acids is 1. The maximum atomic E-state index is 13.2. The SMILES string of the molecule is COc1cc(C)nc(Oc2cccc(Oc3nc(OC)cc(OC)n3)c2C(=O)ON=Cc2ccccc2)n1. The van der Waals surface area contributed by atoms with Crippen LogP contribution < -0.4 is 23.7 Å². The van der Waals surface area contributed by atoms with Crippen molar-refractivity contribution in [3.63, 3.8) is 0 Å². The molecule has 0 bridgehead atoms. The smallest absolute Gasteiger partial charge is 0.373 e. The Labute approximate surface area is 217 Å². The fourth-order valence-electron chi connectivity index (χ4n) is 3.10. The molecule has 38 heavy (non-hydrogen) atoms. The van der Waals surface area contributed by atoms with Crippen molar-refractivity contribution < 1.29 is 33.3 Å². The second kappa shape index (κ2) is 12.1. The van der Waals surface area contributed by atoms with Crippen LogP contribution in [0, 0.1) is 6.92 Å². The van der Waals surface area contributed by atoms with Crippen LogP contribution in [0.2, 0.25) is 0 Å². The van der Waals surface area contributed by atoms with Gasteiger partial charge in [-0.3, -0.25) is 0 Å². The molecule has 4 aromatic rings. The molecule has 0 aliphatic carbocycles. The van der Waals surface area contributed by atoms with Gasteiger partial charge >= 0.3 is 18.0 Å². The van der Waals surface area contributed by atoms with Gasteiger partial charge in [0.25, 0.3) is 0 Å². The Kier molecular flexibility index (Phi) is 8.24. The molecule has 0 saturated heterocycles. The lowest BCUT2D eigenvalue weighted by atomic mass is 10.2. The maximum Gasteiger partial charge on any atom is 0.373 e. The molecule has 4 rings (SSSR count). The van der Waals surface area contributed by atoms with Gasteiger partial charge in [-0.1, -0.05) is 41.6 Å². The molecule has 0 saturated carbocycles. The molecule has 12 heteroatoms. The van der Waals surface area contributed by atoms with Crippen molar-refractivity contribution in [2.24, 2.45) is 5.16 Å². The standard InChI is InChI=1S/C26H23N5O7/c1-16-13-20(33-2)29-25(28-16)36-18-11-8-12-19(37-26-30-21(34-3)14-22(31-26)35-4)23(18)24(32)38-27-15-17-9-6-5-7-10-17/h5-15H,1-4H3. The molecule has 2 heterocycles. The van der Waals surface area contributed by atoms with Crippen LogP contribution in [0.25, 0.3) is 0 Å². The van der Waals surface area contributed by atoms with E-state index in [0.29, 0.717) is 5.69 Å². The molecule has 0 unspecified atom stereocenters. The number of aromatic nitrogens is 4. The summed E-state index contributed by atoms with van der Waals surface area (Å²) < 4.78 is 27.2. The van der Waals surface area contributed by atoms with Crippen molar-refractivity contribution >= 4 is 12.2 Å². The lowest BCUT2D eigenvalue weighted by molar-refractivity contribution is 0.0513. The molecule has 0 atom stereocenters. The molecule has 12 nitrogen and oxygen atoms in total. The highest BCUT2D eigenvalue weighted by Crippen LogP contribution is 2.35. The van der Waals surface area contributed by atoms with Gasteiger partial charge < -0.3 is 28.5 Å². The van der Waals surface area contributed by atoms with Gasteiger partial charge in [0.2, 0.25) is 17.6 Å². The maximum absolute atomic E-state index is 13.2. The van der Waals surface area contributed by atoms with E-state index in [1.54, 1.807) is 31.2 Å². The van der Waals surface area contributed by atoms with E-state index in [2.05, 4.69) is 25.1 Å². The van der Waals surface area contributed by atoms with E-state index in [0.717, 1.165) is 5.56 Å². The Bertz CT molecular complexity index is 1430. The summed E-state index contributed by atoms with van der Waals surface area (Å²) in [6.07, 6.45) is 1.40. The van der Waals surface area contributed by atoms with Crippen LogP contribution in [0.3, 0.4) is 0 Å². The normalized spacial score (nSPS) is 10.6. The zero-order valence-corrected chi connectivity index (χ0v) is 20.9. The second-order valence-corrected chi connectivity index (χ2v) is 7.43. The van der Waals surface area contributed by atoms with Crippen molar-refractivity contribution in [1.82, 2.24) is 19.9 Å². The third-order valence-corrected chi connectivity index (χ3v) is 4.83. The zero-order valence-electron chi connectivity index (χ0n) is 20.9. The predicted molar refractivity (Wildman–Crippen MR) is 134 cm³/mol. The zero-order chi connectivity index (χ0) is 26.9. The van der Waals surface area contributed by atoms with Crippen LogP contribution >= 0.6 is 0 Å². The van der Waals surface area contributed by atoms with Gasteiger partial charge in [-0.2, -0.15) is 19.9 Å². The first kappa shape index (κ1) is 25.8. The van der Waals surface area contributed by atoms with Crippen molar-refractivity contribution in [1.29, 1.82) is 0 Å². The fraction of sp³-hybridized carbons (Fsp3) is 0.154. The fourth-order valence-corrected chi connectivity index (χ4v) is 3.10. The van der Waals surface area contributed by atoms with E-state index >= 15 is 0 Å². The summed E-state index contributed by atoms with van der Waals surface area (Å²) in [5.74, 6) is -0.167. The van der Waals surface area contributed by atoms with E-state index in [9.17, 15) is 4.79 Å². The molecule has 0 spiro atoms. The van der Waals surface area contributed by atoms with Crippen molar-refractivity contribution in [3.8, 4) is 41.2 Å². The van der Waals surface area contributed by atoms with Gasteiger partial charge in [-0.15, -0.1) is 0 Å². The number of carbonyl (C=O) groups is 1. The Morgan fingerprint density at radius 2 is 1.29 bits per heavy atom. The first-order valence-corrected chi connectivity index (χ1v) is 11.1. The number of hydrogen-bond acceptors (Lipinski definition) is 12. The summed E-state index contributed by atoms with van der Waals surface area (Å²) in [5.41, 5.74) is 1.21. The lowest BCUT2D eigenvalue weighted by Gasteiger charge is -2.13. The van der Waals surface area contributed by atoms with Crippen LogP contribution in [0.5, 0.6) is 41.2 Å². The highest BCUT2D eigenvalue weighted by Gasteiger charge is 2.24. The second-order valence-electron chi connectivity index (χ2n) is 7.43. The topological polar surface area (TPSA) is 136 Å². The van der Waals surface area contributed by atoms with Crippen LogP contribution in [0.4, 0.5) is 0 Å². The third kappa shape index (κ3) is 6.49. The van der Waals surface area contributed by atoms with E-state index < -0.39 is 5.97 Å². The van der Waals surface area contributed by atoms with Crippen LogP contribution in [0.1, 0.15) is 21.6 Å². The van der Waals surface area contributed by atoms with Gasteiger partial charge in [0.15, 0.2) is 0 Å². The first-order valence-electron chi connectivity index (χ1n) is 11.1. The Balaban J connectivity index is 1.72. The quantitative estimate of drug-likeness (QED) is 0.168. The van der Waals surface area contributed by atoms with E-state index in [4.69, 9.17) is 28.5 Å². The third-order valence-electron chi connectivity index (χ3n) is 4.83. The average Bonchev–Trinajstić information content (AvgIpc) is 2.93. The molecule has 0 aliphatic heterocycles. The van der Waals surface area contributed by atoms with Crippen molar-refractivity contribution in [2.45, 2.75) is 6.92 Å². The van der Waals surface area contributed by atoms with Crippen molar-refractivity contribution in [2.75, 3.05) is 21.3 Å². The first-order chi connectivity index (χ1) is 18.5. The van der Waals surface area contributed by atoms with Crippen LogP contribution in [-0.4, -0.2) is 53.4 Å². The van der Waals surface area contributed by atoms with Gasteiger partial charge in [0.05, 0.1) is 33.6 Å². The highest BCUT2D eigenvalue weighted by molar-refractivity contribution is 5.96. The van der Waals surface area contributed by atoms with Crippen LogP contribution in [-0.2, 0) is 4.84 Å². The molecule has 0 N–H and O–H groups in total. The Morgan fingerprint density at radius 1 is 0.737 bits per heavy atom. The predicted octanol–water partition coefficient (Wildman–Crippen LogP) is 4.38. The van der Waals surface area contributed by atoms with Crippen LogP contribution in [0.15, 0.2) is 65.8 Å². The van der Waals surface area contributed by atoms with Gasteiger partial charge in [0.1, 0.15) is 17.1 Å². The number of methoxy groups -OCH3 is 3. The number of rotatable bonds is 10. The van der Waals surface area contributed by atoms with Gasteiger partial charge in [-0.05, 0) is 24.6 Å². The van der Waals surface area contributed by atoms with Gasteiger partial charge in [0, 0.05) is 11.8 Å². The summed E-state index contributed by atoms with van der Waals surface area (Å²) in [5, 5.41) is 3.80. The van der Waals surface area contributed by atoms with E-state index in [-0.39, 0.29) is 46.7 Å². The minimum Gasteiger partial charge on any atom is -0.481 e. The molecular formula is C26H23N5O7. The number of aryl methyl sites for hydroxylation is 1. The summed E-state index contributed by atoms with van der Waals surface area (Å²) >= 11 is 0. The monoisotopic (exact) mass is 517 g/mol. The minimum atomic E-state index is -0.878. The minimum absolute atomic E-state index is 0.0114. The molecule has 0 amide bonds. The number of ether oxygens (including phenoxy) is 5. The van der Waals surface area contributed by atoms with Crippen molar-refractivity contribution in [3.05, 3.63) is 77.5 Å². The Morgan fingerprint density at radius 3 is 1.87 bits per heavy atom. The van der Waals surface area contributed by atoms with E-state index in [1.165, 1.54) is 45.7 Å². The molecule has 0 radical (unpaired) electrons. The number of benzene rings is 2. The lowest BCUT2D eigenvalue weighted by Crippen LogP contribution is -2.08. The molecule has 194 valence electrons. The highest BCUT2D eigenvalue weighted by atomic mass is 16.7. The summed E-state index contributed by atoms with van der Waals surface area (Å²) in [6.45, 7) is 1.75. The summed E-state index contributed by atoms with van der Waals surface area (Å²) in [4.78, 5) is 35.1.